The normalized spacial score (nSPS) is 19.9. The number of hydrogen-bond donors (Lipinski definition) is 4. The van der Waals surface area contributed by atoms with E-state index in [1.165, 1.54) is 24.3 Å². The van der Waals surface area contributed by atoms with Crippen LogP contribution in [0.2, 0.25) is 0 Å². The monoisotopic (exact) mass is 370 g/mol. The summed E-state index contributed by atoms with van der Waals surface area (Å²) >= 11 is 0. The zero-order valence-electron chi connectivity index (χ0n) is 13.7. The largest absolute Gasteiger partial charge is 0.432 e. The number of nitrogens with one attached hydrogen (secondary N) is 4. The molecule has 0 radical (unpaired) electrons. The van der Waals surface area contributed by atoms with E-state index in [0.29, 0.717) is 11.3 Å². The van der Waals surface area contributed by atoms with E-state index < -0.39 is 17.7 Å². The summed E-state index contributed by atoms with van der Waals surface area (Å²) in [5, 5.41) is 5.74. The predicted molar refractivity (Wildman–Crippen MR) is 87.7 cm³/mol. The Morgan fingerprint density at radius 1 is 1.23 bits per heavy atom. The second-order valence-corrected chi connectivity index (χ2v) is 6.08. The van der Waals surface area contributed by atoms with Gasteiger partial charge in [-0.25, -0.2) is 4.39 Å². The molecule has 1 atom stereocenters. The van der Waals surface area contributed by atoms with Crippen molar-refractivity contribution in [1.82, 2.24) is 21.5 Å². The van der Waals surface area contributed by atoms with Gasteiger partial charge in [-0.2, -0.15) is 13.2 Å². The highest BCUT2D eigenvalue weighted by molar-refractivity contribution is 5.82. The van der Waals surface area contributed by atoms with E-state index in [4.69, 9.17) is 0 Å². The smallest absolute Gasteiger partial charge is 0.351 e. The highest BCUT2D eigenvalue weighted by atomic mass is 19.4. The van der Waals surface area contributed by atoms with Gasteiger partial charge >= 0.3 is 6.18 Å². The molecule has 26 heavy (non-hydrogen) atoms. The summed E-state index contributed by atoms with van der Waals surface area (Å²) in [5.74, 6) is -0.689. The van der Waals surface area contributed by atoms with Crippen LogP contribution in [0.5, 0.6) is 0 Å². The maximum Gasteiger partial charge on any atom is 0.432 e. The zero-order chi connectivity index (χ0) is 18.7. The molecule has 0 unspecified atom stereocenters. The average molecular weight is 370 g/mol. The summed E-state index contributed by atoms with van der Waals surface area (Å²) in [6.45, 7) is 0.781. The molecule has 1 aromatic rings. The van der Waals surface area contributed by atoms with Gasteiger partial charge in [-0.05, 0) is 55.3 Å². The Morgan fingerprint density at radius 3 is 2.65 bits per heavy atom. The molecule has 1 saturated heterocycles. The number of alkyl halides is 3. The second kappa shape index (κ2) is 7.36. The molecular formula is C17H18F4N4O. The van der Waals surface area contributed by atoms with Gasteiger partial charge in [0.1, 0.15) is 11.5 Å². The minimum absolute atomic E-state index is 0.00103. The van der Waals surface area contributed by atoms with Gasteiger partial charge in [-0.15, -0.1) is 0 Å². The standard InChI is InChI=1S/C17H18F4N4O/c18-12-4-3-10(13-5-6-15(25-24-13)17(19,20)21)8-11(12)9-23-16(26)14-2-1-7-22-14/h3-6,8,14,22,24-25H,1-2,7,9H2,(H,23,26)/t14-/m0/s1. The lowest BCUT2D eigenvalue weighted by atomic mass is 10.1. The predicted octanol–water partition coefficient (Wildman–Crippen LogP) is 2.09. The third-order valence-corrected chi connectivity index (χ3v) is 4.24. The van der Waals surface area contributed by atoms with E-state index in [2.05, 4.69) is 21.5 Å². The number of hydrazine groups is 1. The molecule has 0 aromatic heterocycles. The van der Waals surface area contributed by atoms with E-state index in [-0.39, 0.29) is 24.1 Å². The van der Waals surface area contributed by atoms with Crippen LogP contribution in [-0.2, 0) is 11.3 Å². The lowest BCUT2D eigenvalue weighted by Crippen LogP contribution is -2.40. The molecule has 0 bridgehead atoms. The van der Waals surface area contributed by atoms with E-state index in [1.807, 2.05) is 0 Å². The van der Waals surface area contributed by atoms with E-state index in [9.17, 15) is 22.4 Å². The van der Waals surface area contributed by atoms with Crippen LogP contribution in [-0.4, -0.2) is 24.7 Å². The molecule has 3 rings (SSSR count). The summed E-state index contributed by atoms with van der Waals surface area (Å²) in [6.07, 6.45) is -0.659. The van der Waals surface area contributed by atoms with Gasteiger partial charge in [0, 0.05) is 12.1 Å². The lowest BCUT2D eigenvalue weighted by molar-refractivity contribution is -0.122. The molecule has 0 spiro atoms. The second-order valence-electron chi connectivity index (χ2n) is 6.08. The van der Waals surface area contributed by atoms with Crippen LogP contribution in [0.15, 0.2) is 36.0 Å². The van der Waals surface area contributed by atoms with Crippen LogP contribution >= 0.6 is 0 Å². The van der Waals surface area contributed by atoms with Crippen molar-refractivity contribution in [3.05, 3.63) is 53.0 Å². The summed E-state index contributed by atoms with van der Waals surface area (Å²) < 4.78 is 51.8. The number of carbonyl (C=O) groups is 1. The fourth-order valence-corrected chi connectivity index (χ4v) is 2.81. The first kappa shape index (κ1) is 18.2. The van der Waals surface area contributed by atoms with Crippen molar-refractivity contribution < 1.29 is 22.4 Å². The van der Waals surface area contributed by atoms with E-state index in [0.717, 1.165) is 25.5 Å². The number of halogens is 4. The Morgan fingerprint density at radius 2 is 2.04 bits per heavy atom. The van der Waals surface area contributed by atoms with Crippen LogP contribution in [0, 0.1) is 5.82 Å². The van der Waals surface area contributed by atoms with Crippen LogP contribution in [0.3, 0.4) is 0 Å². The van der Waals surface area contributed by atoms with Crippen molar-refractivity contribution in [1.29, 1.82) is 0 Å². The summed E-state index contributed by atoms with van der Waals surface area (Å²) in [5.41, 5.74) is 4.73. The van der Waals surface area contributed by atoms with Crippen molar-refractivity contribution in [3.63, 3.8) is 0 Å². The molecule has 2 heterocycles. The number of allylic oxidation sites excluding steroid dienone is 3. The molecule has 140 valence electrons. The zero-order valence-corrected chi connectivity index (χ0v) is 13.7. The van der Waals surface area contributed by atoms with Gasteiger partial charge in [-0.1, -0.05) is 0 Å². The number of benzene rings is 1. The van der Waals surface area contributed by atoms with E-state index in [1.54, 1.807) is 0 Å². The highest BCUT2D eigenvalue weighted by Crippen LogP contribution is 2.26. The van der Waals surface area contributed by atoms with Crippen LogP contribution in [0.25, 0.3) is 5.70 Å². The first-order chi connectivity index (χ1) is 12.3. The molecule has 2 aliphatic heterocycles. The average Bonchev–Trinajstić information content (AvgIpc) is 3.15. The van der Waals surface area contributed by atoms with E-state index >= 15 is 0 Å². The first-order valence-corrected chi connectivity index (χ1v) is 8.16. The molecule has 9 heteroatoms. The fraction of sp³-hybridized carbons (Fsp3) is 0.353. The summed E-state index contributed by atoms with van der Waals surface area (Å²) in [4.78, 5) is 12.0. The third-order valence-electron chi connectivity index (χ3n) is 4.24. The molecule has 0 saturated carbocycles. The van der Waals surface area contributed by atoms with Gasteiger partial charge in [0.05, 0.1) is 11.7 Å². The van der Waals surface area contributed by atoms with Gasteiger partial charge in [0.15, 0.2) is 0 Å². The summed E-state index contributed by atoms with van der Waals surface area (Å²) in [7, 11) is 0. The number of hydrogen-bond acceptors (Lipinski definition) is 4. The Balaban J connectivity index is 1.71. The molecule has 1 aromatic carbocycles. The molecule has 5 nitrogen and oxygen atoms in total. The Bertz CT molecular complexity index is 752. The topological polar surface area (TPSA) is 65.2 Å². The van der Waals surface area contributed by atoms with Gasteiger partial charge in [0.2, 0.25) is 5.91 Å². The van der Waals surface area contributed by atoms with Crippen molar-refractivity contribution in [2.75, 3.05) is 6.54 Å². The minimum atomic E-state index is -4.48. The molecule has 2 aliphatic rings. The molecule has 4 N–H and O–H groups in total. The van der Waals surface area contributed by atoms with Crippen LogP contribution in [0.1, 0.15) is 24.0 Å². The van der Waals surface area contributed by atoms with Crippen LogP contribution in [0.4, 0.5) is 17.6 Å². The molecule has 1 fully saturated rings. The quantitative estimate of drug-likeness (QED) is 0.613. The van der Waals surface area contributed by atoms with Gasteiger partial charge in [0.25, 0.3) is 0 Å². The van der Waals surface area contributed by atoms with Gasteiger partial charge in [-0.3, -0.25) is 10.2 Å². The van der Waals surface area contributed by atoms with Crippen molar-refractivity contribution in [2.45, 2.75) is 31.6 Å². The highest BCUT2D eigenvalue weighted by Gasteiger charge is 2.34. The number of rotatable bonds is 4. The van der Waals surface area contributed by atoms with Crippen molar-refractivity contribution in [3.8, 4) is 0 Å². The fourth-order valence-electron chi connectivity index (χ4n) is 2.81. The Kier molecular flexibility index (Phi) is 5.17. The van der Waals surface area contributed by atoms with Crippen molar-refractivity contribution >= 4 is 11.6 Å². The maximum atomic E-state index is 14.0. The Labute approximate surface area is 147 Å². The summed E-state index contributed by atoms with van der Waals surface area (Å²) in [6, 6.07) is 3.89. The van der Waals surface area contributed by atoms with Gasteiger partial charge < -0.3 is 16.1 Å². The molecule has 1 amide bonds. The molecular weight excluding hydrogens is 352 g/mol. The number of carbonyl (C=O) groups excluding carboxylic acids is 1. The molecule has 0 aliphatic carbocycles. The SMILES string of the molecule is O=C(NCc1cc(C2=CC=C(C(F)(F)F)NN2)ccc1F)[C@@H]1CCCN1. The lowest BCUT2D eigenvalue weighted by Gasteiger charge is -2.21. The van der Waals surface area contributed by atoms with Crippen molar-refractivity contribution in [2.24, 2.45) is 0 Å². The minimum Gasteiger partial charge on any atom is -0.351 e. The number of amides is 1. The third kappa shape index (κ3) is 4.16. The first-order valence-electron chi connectivity index (χ1n) is 8.16. The van der Waals surface area contributed by atoms with Crippen LogP contribution < -0.4 is 21.5 Å². The maximum absolute atomic E-state index is 14.0. The Hall–Kier alpha value is -2.55.